The number of carboxylic acid groups (broad SMARTS) is 4. The summed E-state index contributed by atoms with van der Waals surface area (Å²) in [5.74, 6) is -4.92. The van der Waals surface area contributed by atoms with Crippen molar-refractivity contribution in [3.05, 3.63) is 0 Å². The molecule has 1 aliphatic rings. The van der Waals surface area contributed by atoms with Crippen LogP contribution in [0.4, 0.5) is 0 Å². The minimum atomic E-state index is -1.30. The second kappa shape index (κ2) is 14.9. The van der Waals surface area contributed by atoms with Crippen molar-refractivity contribution in [3.63, 3.8) is 0 Å². The van der Waals surface area contributed by atoms with Crippen molar-refractivity contribution in [3.8, 4) is 0 Å². The van der Waals surface area contributed by atoms with Crippen LogP contribution in [0.3, 0.4) is 0 Å². The largest absolute Gasteiger partial charge is 0.481 e. The summed E-state index contributed by atoms with van der Waals surface area (Å²) in [5, 5.41) is 35.7. The van der Waals surface area contributed by atoms with E-state index in [0.29, 0.717) is 36.5 Å². The van der Waals surface area contributed by atoms with Gasteiger partial charge in [-0.15, -0.1) is 0 Å². The molecule has 33 heavy (non-hydrogen) atoms. The molecule has 0 heterocycles. The van der Waals surface area contributed by atoms with Gasteiger partial charge >= 0.3 is 23.9 Å². The van der Waals surface area contributed by atoms with Crippen molar-refractivity contribution in [2.45, 2.75) is 97.3 Å². The number of unbranched alkanes of at least 4 members (excludes halogenated alkanes) is 6. The van der Waals surface area contributed by atoms with E-state index >= 15 is 0 Å². The summed E-state index contributed by atoms with van der Waals surface area (Å²) in [6.07, 6.45) is 11.0. The molecule has 190 valence electrons. The van der Waals surface area contributed by atoms with Crippen LogP contribution in [0, 0.1) is 35.5 Å². The predicted octanol–water partition coefficient (Wildman–Crippen LogP) is 5.15. The summed E-state index contributed by atoms with van der Waals surface area (Å²) in [5.41, 5.74) is 0. The second-order valence-electron chi connectivity index (χ2n) is 9.94. The summed E-state index contributed by atoms with van der Waals surface area (Å²) >= 11 is 0. The zero-order valence-electron chi connectivity index (χ0n) is 20.1. The quantitative estimate of drug-likeness (QED) is 0.159. The van der Waals surface area contributed by atoms with Crippen LogP contribution in [0.1, 0.15) is 97.3 Å². The maximum Gasteiger partial charge on any atom is 0.317 e. The molecule has 0 bridgehead atoms. The first kappa shape index (κ1) is 28.9. The smallest absolute Gasteiger partial charge is 0.317 e. The number of carbonyl (C=O) groups is 4. The van der Waals surface area contributed by atoms with E-state index in [1.54, 1.807) is 0 Å². The lowest BCUT2D eigenvalue weighted by Gasteiger charge is -2.23. The molecule has 4 N–H and O–H groups in total. The van der Waals surface area contributed by atoms with Crippen LogP contribution < -0.4 is 0 Å². The molecule has 0 aliphatic heterocycles. The van der Waals surface area contributed by atoms with Gasteiger partial charge < -0.3 is 20.4 Å². The minimum absolute atomic E-state index is 0.184. The summed E-state index contributed by atoms with van der Waals surface area (Å²) in [6, 6.07) is 0. The van der Waals surface area contributed by atoms with E-state index < -0.39 is 35.7 Å². The Morgan fingerprint density at radius 1 is 0.636 bits per heavy atom. The van der Waals surface area contributed by atoms with Crippen LogP contribution >= 0.6 is 0 Å². The number of carboxylic acids is 4. The molecule has 8 nitrogen and oxygen atoms in total. The molecule has 1 aliphatic carbocycles. The van der Waals surface area contributed by atoms with Gasteiger partial charge in [0.15, 0.2) is 11.8 Å². The Labute approximate surface area is 196 Å². The highest BCUT2D eigenvalue weighted by Gasteiger charge is 2.37. The maximum absolute atomic E-state index is 10.9. The topological polar surface area (TPSA) is 149 Å². The number of hydrogen-bond acceptors (Lipinski definition) is 4. The van der Waals surface area contributed by atoms with Crippen LogP contribution in [0.2, 0.25) is 0 Å². The highest BCUT2D eigenvalue weighted by molar-refractivity contribution is 5.93. The Balaban J connectivity index is 2.28. The van der Waals surface area contributed by atoms with Crippen LogP contribution in [-0.2, 0) is 19.2 Å². The lowest BCUT2D eigenvalue weighted by Crippen LogP contribution is -2.23. The van der Waals surface area contributed by atoms with Gasteiger partial charge in [0, 0.05) is 0 Å². The van der Waals surface area contributed by atoms with Crippen LogP contribution in [0.15, 0.2) is 0 Å². The number of rotatable bonds is 18. The lowest BCUT2D eigenvalue weighted by atomic mass is 9.82. The Kier molecular flexibility index (Phi) is 13.1. The summed E-state index contributed by atoms with van der Waals surface area (Å²) < 4.78 is 0. The zero-order chi connectivity index (χ0) is 25.0. The Morgan fingerprint density at radius 2 is 1.03 bits per heavy atom. The average molecular weight is 471 g/mol. The fourth-order valence-corrected chi connectivity index (χ4v) is 5.44. The molecule has 0 spiro atoms. The van der Waals surface area contributed by atoms with Crippen molar-refractivity contribution < 1.29 is 39.6 Å². The standard InChI is InChI=1S/C25H42O8/c1-16-15-18(11-7-3-4-9-13-20(22(26)27)23(28)29)19(17(16)2)12-8-5-6-10-14-21(24(30)31)25(32)33/h16-21H,3-15H2,1-2H3,(H,26,27)(H,28,29)(H,30,31)(H,32,33). The normalized spacial score (nSPS) is 22.7. The van der Waals surface area contributed by atoms with Crippen molar-refractivity contribution in [1.82, 2.24) is 0 Å². The SMILES string of the molecule is CC1CC(CCCCCCC(C(=O)O)C(=O)O)C(CCCCCCC(C(=O)O)C(=O)O)C1C. The molecule has 4 atom stereocenters. The van der Waals surface area contributed by atoms with E-state index in [9.17, 15) is 19.2 Å². The molecule has 0 radical (unpaired) electrons. The van der Waals surface area contributed by atoms with Gasteiger partial charge in [-0.1, -0.05) is 71.6 Å². The van der Waals surface area contributed by atoms with E-state index in [1.807, 2.05) is 0 Å². The number of hydrogen-bond donors (Lipinski definition) is 4. The van der Waals surface area contributed by atoms with E-state index in [0.717, 1.165) is 51.4 Å². The molecule has 1 rings (SSSR count). The predicted molar refractivity (Wildman–Crippen MR) is 123 cm³/mol. The van der Waals surface area contributed by atoms with E-state index in [1.165, 1.54) is 6.42 Å². The van der Waals surface area contributed by atoms with Gasteiger partial charge in [0.1, 0.15) is 0 Å². The molecule has 0 aromatic rings. The Bertz CT molecular complexity index is 618. The second-order valence-corrected chi connectivity index (χ2v) is 9.94. The molecule has 1 fully saturated rings. The molecule has 0 amide bonds. The van der Waals surface area contributed by atoms with Gasteiger partial charge in [-0.3, -0.25) is 19.2 Å². The van der Waals surface area contributed by atoms with E-state index in [2.05, 4.69) is 13.8 Å². The summed E-state index contributed by atoms with van der Waals surface area (Å²) in [6.45, 7) is 4.64. The zero-order valence-corrected chi connectivity index (χ0v) is 20.1. The van der Waals surface area contributed by atoms with Crippen LogP contribution in [0.5, 0.6) is 0 Å². The van der Waals surface area contributed by atoms with Crippen molar-refractivity contribution in [1.29, 1.82) is 0 Å². The summed E-state index contributed by atoms with van der Waals surface area (Å²) in [7, 11) is 0. The molecule has 0 saturated heterocycles. The van der Waals surface area contributed by atoms with Gasteiger partial charge in [0.05, 0.1) is 0 Å². The first-order valence-electron chi connectivity index (χ1n) is 12.5. The maximum atomic E-state index is 10.9. The number of aliphatic carboxylic acids is 4. The van der Waals surface area contributed by atoms with Crippen molar-refractivity contribution in [2.75, 3.05) is 0 Å². The van der Waals surface area contributed by atoms with Crippen LogP contribution in [-0.4, -0.2) is 44.3 Å². The highest BCUT2D eigenvalue weighted by atomic mass is 16.4. The monoisotopic (exact) mass is 470 g/mol. The van der Waals surface area contributed by atoms with E-state index in [4.69, 9.17) is 20.4 Å². The molecule has 8 heteroatoms. The molecular formula is C25H42O8. The average Bonchev–Trinajstić information content (AvgIpc) is 2.98. The summed E-state index contributed by atoms with van der Waals surface area (Å²) in [4.78, 5) is 43.7. The van der Waals surface area contributed by atoms with Gasteiger partial charge in [0.25, 0.3) is 0 Å². The van der Waals surface area contributed by atoms with Crippen LogP contribution in [0.25, 0.3) is 0 Å². The van der Waals surface area contributed by atoms with Crippen molar-refractivity contribution in [2.24, 2.45) is 35.5 Å². The first-order valence-corrected chi connectivity index (χ1v) is 12.5. The third-order valence-electron chi connectivity index (χ3n) is 7.64. The Hall–Kier alpha value is -2.12. The fraction of sp³-hybridized carbons (Fsp3) is 0.840. The first-order chi connectivity index (χ1) is 15.6. The third-order valence-corrected chi connectivity index (χ3v) is 7.64. The fourth-order valence-electron chi connectivity index (χ4n) is 5.44. The minimum Gasteiger partial charge on any atom is -0.481 e. The molecule has 4 unspecified atom stereocenters. The Morgan fingerprint density at radius 3 is 1.45 bits per heavy atom. The molecular weight excluding hydrogens is 428 g/mol. The molecule has 0 aromatic carbocycles. The van der Waals surface area contributed by atoms with Gasteiger partial charge in [0.2, 0.25) is 0 Å². The lowest BCUT2D eigenvalue weighted by molar-refractivity contribution is -0.156. The van der Waals surface area contributed by atoms with Gasteiger partial charge in [-0.05, 0) is 49.4 Å². The third kappa shape index (κ3) is 10.1. The van der Waals surface area contributed by atoms with Gasteiger partial charge in [-0.25, -0.2) is 0 Å². The molecule has 0 aromatic heterocycles. The van der Waals surface area contributed by atoms with E-state index in [-0.39, 0.29) is 12.8 Å². The van der Waals surface area contributed by atoms with Crippen molar-refractivity contribution >= 4 is 23.9 Å². The van der Waals surface area contributed by atoms with Gasteiger partial charge in [-0.2, -0.15) is 0 Å². The highest BCUT2D eigenvalue weighted by Crippen LogP contribution is 2.46. The molecule has 1 saturated carbocycles.